The molecule has 10 nitrogen and oxygen atoms in total. The number of amides is 1. The molecule has 2 atom stereocenters. The summed E-state index contributed by atoms with van der Waals surface area (Å²) in [7, 11) is 3.48. The second kappa shape index (κ2) is 14.9. The predicted molar refractivity (Wildman–Crippen MR) is 221 cm³/mol. The maximum atomic E-state index is 14.6. The van der Waals surface area contributed by atoms with Crippen LogP contribution in [0.15, 0.2) is 136 Å². The van der Waals surface area contributed by atoms with Gasteiger partial charge in [0.05, 0.1) is 18.3 Å². The number of para-hydroxylation sites is 3. The molecule has 0 saturated heterocycles. The first kappa shape index (κ1) is 36.3. The average Bonchev–Trinajstić information content (AvgIpc) is 3.51. The summed E-state index contributed by atoms with van der Waals surface area (Å²) in [4.78, 5) is 49.3. The summed E-state index contributed by atoms with van der Waals surface area (Å²) in [5.74, 6) is -0.487. The Labute approximate surface area is 324 Å². The summed E-state index contributed by atoms with van der Waals surface area (Å²) < 4.78 is 10.0. The third-order valence-electron chi connectivity index (χ3n) is 11.1. The molecule has 0 fully saturated rings. The Morgan fingerprint density at radius 2 is 1.48 bits per heavy atom. The van der Waals surface area contributed by atoms with E-state index in [9.17, 15) is 19.5 Å². The van der Waals surface area contributed by atoms with Gasteiger partial charge in [0.25, 0.3) is 11.5 Å². The molecule has 1 aliphatic heterocycles. The number of aromatic nitrogens is 3. The van der Waals surface area contributed by atoms with Gasteiger partial charge in [-0.2, -0.15) is 0 Å². The normalized spacial score (nSPS) is 15.8. The molecular formula is C46H43N5O5. The third kappa shape index (κ3) is 6.17. The lowest BCUT2D eigenvalue weighted by atomic mass is 9.79. The smallest absolute Gasteiger partial charge is 0.338 e. The summed E-state index contributed by atoms with van der Waals surface area (Å²) >= 11 is 0. The fourth-order valence-corrected chi connectivity index (χ4v) is 8.26. The number of carbonyl (C=O) groups excluding carboxylic acids is 1. The molecule has 8 rings (SSSR count). The number of benzene rings is 5. The van der Waals surface area contributed by atoms with E-state index in [0.717, 1.165) is 47.6 Å². The fourth-order valence-electron chi connectivity index (χ4n) is 8.26. The van der Waals surface area contributed by atoms with Crippen LogP contribution in [-0.4, -0.2) is 55.0 Å². The molecule has 282 valence electrons. The van der Waals surface area contributed by atoms with E-state index in [1.165, 1.54) is 7.05 Å². The van der Waals surface area contributed by atoms with Crippen molar-refractivity contribution >= 4 is 33.4 Å². The van der Waals surface area contributed by atoms with Gasteiger partial charge in [-0.05, 0) is 73.4 Å². The van der Waals surface area contributed by atoms with Gasteiger partial charge in [-0.25, -0.2) is 9.36 Å². The standard InChI is InChI=1S/C46H43N5O5/c1-5-56-40-22-14-13-21-39(40)51-45(54)41(44(53)49(4)46(51)55)29(2)47-28-36-32-17-9-10-19-34(32)43(52)50(26-25-30-15-7-6-8-16-30)42(36)31-23-24-38-35(27-31)33-18-11-12-20-37(33)48(38)3/h6-24,27,36,42,53H,5,25-26,28H2,1-4H3/t36-,42+/m1/s1. The van der Waals surface area contributed by atoms with Gasteiger partial charge in [0.15, 0.2) is 0 Å². The van der Waals surface area contributed by atoms with Crippen LogP contribution in [-0.2, 0) is 20.5 Å². The lowest BCUT2D eigenvalue weighted by Crippen LogP contribution is -2.44. The highest BCUT2D eigenvalue weighted by molar-refractivity contribution is 6.08. The lowest BCUT2D eigenvalue weighted by Gasteiger charge is -2.42. The molecule has 2 aromatic heterocycles. The molecule has 1 N–H and O–H groups in total. The largest absolute Gasteiger partial charge is 0.494 e. The van der Waals surface area contributed by atoms with E-state index in [1.807, 2.05) is 66.4 Å². The summed E-state index contributed by atoms with van der Waals surface area (Å²) in [6, 6.07) is 39.0. The highest BCUT2D eigenvalue weighted by atomic mass is 16.5. The van der Waals surface area contributed by atoms with Crippen LogP contribution in [0.3, 0.4) is 0 Å². The fraction of sp³-hybridized carbons (Fsp3) is 0.217. The van der Waals surface area contributed by atoms with Crippen LogP contribution in [0.5, 0.6) is 11.6 Å². The SMILES string of the molecule is CCOc1ccccc1-n1c(=O)c(C(C)=NC[C@@H]2c3ccccc3C(=O)N(CCc3ccccc3)[C@H]2c2ccc3c(c2)c2ccccc2n3C)c(O)n(C)c1=O. The number of aryl methyl sites for hydroxylation is 1. The summed E-state index contributed by atoms with van der Waals surface area (Å²) in [6.45, 7) is 4.49. The number of hydrogen-bond donors (Lipinski definition) is 1. The van der Waals surface area contributed by atoms with Crippen LogP contribution in [0.2, 0.25) is 0 Å². The molecule has 0 aliphatic carbocycles. The first-order valence-corrected chi connectivity index (χ1v) is 18.9. The van der Waals surface area contributed by atoms with Crippen LogP contribution in [0.25, 0.3) is 27.5 Å². The van der Waals surface area contributed by atoms with Gasteiger partial charge in [-0.3, -0.25) is 19.1 Å². The molecule has 7 aromatic rings. The van der Waals surface area contributed by atoms with Crippen molar-refractivity contribution in [3.05, 3.63) is 170 Å². The number of ether oxygens (including phenoxy) is 1. The molecule has 10 heteroatoms. The summed E-state index contributed by atoms with van der Waals surface area (Å²) in [5, 5.41) is 13.5. The highest BCUT2D eigenvalue weighted by Crippen LogP contribution is 2.44. The molecular weight excluding hydrogens is 703 g/mol. The summed E-state index contributed by atoms with van der Waals surface area (Å²) in [6.07, 6.45) is 0.658. The van der Waals surface area contributed by atoms with Crippen LogP contribution in [0.4, 0.5) is 0 Å². The molecule has 0 saturated carbocycles. The molecule has 56 heavy (non-hydrogen) atoms. The average molecular weight is 746 g/mol. The van der Waals surface area contributed by atoms with Gasteiger partial charge in [-0.15, -0.1) is 0 Å². The number of aliphatic imine (C=N–C) groups is 1. The number of carbonyl (C=O) groups is 1. The van der Waals surface area contributed by atoms with E-state index in [4.69, 9.17) is 9.73 Å². The van der Waals surface area contributed by atoms with Gasteiger partial charge in [0, 0.05) is 66.2 Å². The monoisotopic (exact) mass is 745 g/mol. The second-order valence-corrected chi connectivity index (χ2v) is 14.2. The molecule has 1 aliphatic rings. The van der Waals surface area contributed by atoms with Crippen molar-refractivity contribution in [1.29, 1.82) is 0 Å². The Balaban J connectivity index is 1.28. The maximum absolute atomic E-state index is 14.6. The van der Waals surface area contributed by atoms with Gasteiger partial charge in [0.2, 0.25) is 5.88 Å². The zero-order valence-electron chi connectivity index (χ0n) is 31.8. The second-order valence-electron chi connectivity index (χ2n) is 14.2. The Morgan fingerprint density at radius 3 is 2.29 bits per heavy atom. The lowest BCUT2D eigenvalue weighted by molar-refractivity contribution is 0.0614. The predicted octanol–water partition coefficient (Wildman–Crippen LogP) is 7.32. The van der Waals surface area contributed by atoms with Crippen molar-refractivity contribution in [2.45, 2.75) is 32.2 Å². The third-order valence-corrected chi connectivity index (χ3v) is 11.1. The molecule has 0 spiro atoms. The quantitative estimate of drug-likeness (QED) is 0.148. The molecule has 0 bridgehead atoms. The first-order valence-electron chi connectivity index (χ1n) is 18.9. The minimum Gasteiger partial charge on any atom is -0.494 e. The zero-order valence-corrected chi connectivity index (χ0v) is 31.8. The van der Waals surface area contributed by atoms with E-state index in [1.54, 1.807) is 31.2 Å². The minimum atomic E-state index is -0.714. The number of hydrogen-bond acceptors (Lipinski definition) is 6. The Morgan fingerprint density at radius 1 is 0.786 bits per heavy atom. The van der Waals surface area contributed by atoms with Crippen LogP contribution in [0, 0.1) is 0 Å². The van der Waals surface area contributed by atoms with Crippen molar-refractivity contribution < 1.29 is 14.6 Å². The van der Waals surface area contributed by atoms with Crippen LogP contribution < -0.4 is 16.0 Å². The Hall–Kier alpha value is -6.68. The van der Waals surface area contributed by atoms with E-state index >= 15 is 0 Å². The highest BCUT2D eigenvalue weighted by Gasteiger charge is 2.40. The Kier molecular flexibility index (Phi) is 9.64. The minimum absolute atomic E-state index is 0.0527. The van der Waals surface area contributed by atoms with Crippen molar-refractivity contribution in [3.8, 4) is 17.3 Å². The molecule has 5 aromatic carbocycles. The van der Waals surface area contributed by atoms with E-state index in [0.29, 0.717) is 30.9 Å². The van der Waals surface area contributed by atoms with Crippen LogP contribution in [0.1, 0.15) is 58.4 Å². The van der Waals surface area contributed by atoms with Crippen molar-refractivity contribution in [2.24, 2.45) is 19.1 Å². The first-order chi connectivity index (χ1) is 27.2. The number of rotatable bonds is 10. The van der Waals surface area contributed by atoms with E-state index < -0.39 is 23.2 Å². The van der Waals surface area contributed by atoms with E-state index in [2.05, 4.69) is 54.1 Å². The van der Waals surface area contributed by atoms with Gasteiger partial charge in [0.1, 0.15) is 11.3 Å². The molecule has 1 amide bonds. The van der Waals surface area contributed by atoms with Crippen LogP contribution >= 0.6 is 0 Å². The van der Waals surface area contributed by atoms with Gasteiger partial charge >= 0.3 is 5.69 Å². The van der Waals surface area contributed by atoms with Gasteiger partial charge in [-0.1, -0.05) is 84.9 Å². The summed E-state index contributed by atoms with van der Waals surface area (Å²) in [5.41, 5.74) is 4.80. The van der Waals surface area contributed by atoms with Gasteiger partial charge < -0.3 is 19.3 Å². The number of aromatic hydroxyl groups is 1. The zero-order chi connectivity index (χ0) is 39.1. The molecule has 0 unspecified atom stereocenters. The topological polar surface area (TPSA) is 111 Å². The number of nitrogens with zero attached hydrogens (tertiary/aromatic N) is 5. The molecule has 3 heterocycles. The Bertz CT molecular complexity index is 2780. The van der Waals surface area contributed by atoms with Crippen molar-refractivity contribution in [1.82, 2.24) is 18.6 Å². The van der Waals surface area contributed by atoms with E-state index in [-0.39, 0.29) is 35.3 Å². The number of fused-ring (bicyclic) bond motifs is 4. The molecule has 0 radical (unpaired) electrons. The maximum Gasteiger partial charge on any atom is 0.338 e. The van der Waals surface area contributed by atoms with Crippen molar-refractivity contribution in [3.63, 3.8) is 0 Å². The van der Waals surface area contributed by atoms with Crippen molar-refractivity contribution in [2.75, 3.05) is 19.7 Å².